The van der Waals surface area contributed by atoms with Crippen LogP contribution in [0.4, 0.5) is 0 Å². The third-order valence-corrected chi connectivity index (χ3v) is 12.4. The van der Waals surface area contributed by atoms with Crippen molar-refractivity contribution in [2.45, 2.75) is 35.8 Å². The van der Waals surface area contributed by atoms with Gasteiger partial charge in [0.15, 0.2) is 0 Å². The summed E-state index contributed by atoms with van der Waals surface area (Å²) in [7, 11) is 0. The molecule has 0 amide bonds. The summed E-state index contributed by atoms with van der Waals surface area (Å²) in [6.07, 6.45) is 7.91. The van der Waals surface area contributed by atoms with Gasteiger partial charge >= 0.3 is 92.4 Å². The zero-order chi connectivity index (χ0) is 9.97. The van der Waals surface area contributed by atoms with Crippen molar-refractivity contribution in [2.24, 2.45) is 0 Å². The Kier molecular flexibility index (Phi) is 3.37. The van der Waals surface area contributed by atoms with Crippen LogP contribution >= 0.6 is 0 Å². The second-order valence-electron chi connectivity index (χ2n) is 4.29. The Bertz CT molecular complexity index is 288. The van der Waals surface area contributed by atoms with Gasteiger partial charge in [-0.3, -0.25) is 0 Å². The zero-order valence-electron chi connectivity index (χ0n) is 8.28. The molecular formula is C11H15InO2. The molecule has 0 atom stereocenters. The van der Waals surface area contributed by atoms with Crippen LogP contribution in [-0.2, 0) is 4.79 Å². The molecule has 0 radical (unpaired) electrons. The van der Waals surface area contributed by atoms with Crippen molar-refractivity contribution in [2.75, 3.05) is 0 Å². The van der Waals surface area contributed by atoms with Crippen molar-refractivity contribution in [1.29, 1.82) is 0 Å². The van der Waals surface area contributed by atoms with Gasteiger partial charge < -0.3 is 0 Å². The Labute approximate surface area is 92.2 Å². The monoisotopic (exact) mass is 294 g/mol. The van der Waals surface area contributed by atoms with Crippen LogP contribution in [0.15, 0.2) is 19.3 Å². The summed E-state index contributed by atoms with van der Waals surface area (Å²) >= 11 is -1.56. The molecule has 1 heterocycles. The fourth-order valence-corrected chi connectivity index (χ4v) is 11.5. The average molecular weight is 294 g/mol. The minimum absolute atomic E-state index is 0.233. The standard InChI is InChI=1S/C6H6O2.C5H9.In/c1-3-5(2)4-6(7)8;1-2-4-5-3-1;/h1-3H,4H2,(H,7,8);1H,2-5H2;. The molecule has 3 heteroatoms. The Balaban J connectivity index is 1.95. The van der Waals surface area contributed by atoms with E-state index in [1.165, 1.54) is 25.7 Å². The Morgan fingerprint density at radius 2 is 2.21 bits per heavy atom. The second kappa shape index (κ2) is 4.56. The van der Waals surface area contributed by atoms with Crippen molar-refractivity contribution >= 4 is 27.4 Å². The van der Waals surface area contributed by atoms with E-state index in [9.17, 15) is 4.79 Å². The average Bonchev–Trinajstić information content (AvgIpc) is 2.69. The molecule has 0 spiro atoms. The van der Waals surface area contributed by atoms with E-state index in [0.29, 0.717) is 0 Å². The first-order chi connectivity index (χ1) is 6.75. The first-order valence-corrected chi connectivity index (χ1v) is 11.1. The molecule has 14 heavy (non-hydrogen) atoms. The minimum atomic E-state index is -1.56. The third kappa shape index (κ3) is 2.44. The molecule has 0 bridgehead atoms. The Hall–Kier alpha value is -0.180. The summed E-state index contributed by atoms with van der Waals surface area (Å²) in [5.41, 5.74) is 1.07. The molecule has 1 N–H and O–H groups in total. The molecule has 0 saturated heterocycles. The topological polar surface area (TPSA) is 37.3 Å². The van der Waals surface area contributed by atoms with Crippen LogP contribution in [0.25, 0.3) is 0 Å². The fraction of sp³-hybridized carbons (Fsp3) is 0.545. The molecule has 1 saturated carbocycles. The predicted octanol–water partition coefficient (Wildman–Crippen LogP) is 2.47. The van der Waals surface area contributed by atoms with E-state index < -0.39 is 27.4 Å². The van der Waals surface area contributed by atoms with E-state index in [-0.39, 0.29) is 6.42 Å². The SMILES string of the molecule is O=C(O)CC1=[CH][In]([CH]2CCCC2)[CH]=C1. The van der Waals surface area contributed by atoms with E-state index in [2.05, 4.69) is 13.7 Å². The molecule has 0 unspecified atom stereocenters. The van der Waals surface area contributed by atoms with Gasteiger partial charge in [0.2, 0.25) is 0 Å². The number of aliphatic carboxylic acids is 1. The molecule has 0 aromatic carbocycles. The molecule has 0 aromatic rings. The Morgan fingerprint density at radius 1 is 1.50 bits per heavy atom. The van der Waals surface area contributed by atoms with Crippen molar-refractivity contribution in [3.05, 3.63) is 19.3 Å². The maximum atomic E-state index is 10.5. The van der Waals surface area contributed by atoms with Crippen LogP contribution < -0.4 is 0 Å². The zero-order valence-corrected chi connectivity index (χ0v) is 11.6. The van der Waals surface area contributed by atoms with E-state index in [1.54, 1.807) is 0 Å². The molecule has 1 aliphatic carbocycles. The fourth-order valence-electron chi connectivity index (χ4n) is 2.52. The number of carboxylic acids is 1. The molecule has 2 nitrogen and oxygen atoms in total. The van der Waals surface area contributed by atoms with Gasteiger partial charge in [0.1, 0.15) is 0 Å². The first-order valence-electron chi connectivity index (χ1n) is 5.36. The molecule has 2 aliphatic rings. The Morgan fingerprint density at radius 3 is 2.86 bits per heavy atom. The summed E-state index contributed by atoms with van der Waals surface area (Å²) in [6.45, 7) is 0. The van der Waals surface area contributed by atoms with Gasteiger partial charge in [0.05, 0.1) is 0 Å². The number of hydrogen-bond donors (Lipinski definition) is 1. The molecular weight excluding hydrogens is 279 g/mol. The molecule has 2 rings (SSSR count). The molecule has 1 aliphatic heterocycles. The first kappa shape index (κ1) is 10.3. The summed E-state index contributed by atoms with van der Waals surface area (Å²) < 4.78 is 5.72. The van der Waals surface area contributed by atoms with Crippen molar-refractivity contribution in [1.82, 2.24) is 0 Å². The van der Waals surface area contributed by atoms with E-state index >= 15 is 0 Å². The van der Waals surface area contributed by atoms with E-state index in [4.69, 9.17) is 5.11 Å². The summed E-state index contributed by atoms with van der Waals surface area (Å²) in [5, 5.41) is 8.67. The molecule has 74 valence electrons. The van der Waals surface area contributed by atoms with Crippen LogP contribution in [0.2, 0.25) is 3.67 Å². The number of carbonyl (C=O) groups is 1. The van der Waals surface area contributed by atoms with Crippen LogP contribution in [0, 0.1) is 0 Å². The summed E-state index contributed by atoms with van der Waals surface area (Å²) in [6, 6.07) is 0. The van der Waals surface area contributed by atoms with E-state index in [1.807, 2.05) is 0 Å². The molecule has 1 fully saturated rings. The van der Waals surface area contributed by atoms with Crippen molar-refractivity contribution in [3.8, 4) is 0 Å². The third-order valence-electron chi connectivity index (χ3n) is 3.24. The van der Waals surface area contributed by atoms with Gasteiger partial charge in [-0.15, -0.1) is 0 Å². The van der Waals surface area contributed by atoms with Gasteiger partial charge in [-0.2, -0.15) is 0 Å². The van der Waals surface area contributed by atoms with Gasteiger partial charge in [0, 0.05) is 0 Å². The quantitative estimate of drug-likeness (QED) is 0.868. The number of hydrogen-bond acceptors (Lipinski definition) is 1. The number of carboxylic acid groups (broad SMARTS) is 1. The molecule has 0 aromatic heterocycles. The van der Waals surface area contributed by atoms with Gasteiger partial charge in [0.25, 0.3) is 0 Å². The van der Waals surface area contributed by atoms with Crippen LogP contribution in [0.3, 0.4) is 0 Å². The van der Waals surface area contributed by atoms with Gasteiger partial charge in [-0.1, -0.05) is 0 Å². The van der Waals surface area contributed by atoms with Crippen LogP contribution in [-0.4, -0.2) is 32.5 Å². The van der Waals surface area contributed by atoms with Gasteiger partial charge in [-0.25, -0.2) is 0 Å². The number of rotatable bonds is 3. The summed E-state index contributed by atoms with van der Waals surface area (Å²) in [5.74, 6) is -0.695. The van der Waals surface area contributed by atoms with Crippen LogP contribution in [0.1, 0.15) is 32.1 Å². The second-order valence-corrected chi connectivity index (χ2v) is 12.3. The summed E-state index contributed by atoms with van der Waals surface area (Å²) in [4.78, 5) is 10.5. The van der Waals surface area contributed by atoms with Crippen molar-refractivity contribution < 1.29 is 9.90 Å². The predicted molar refractivity (Wildman–Crippen MR) is 57.4 cm³/mol. The maximum absolute atomic E-state index is 10.5. The number of allylic oxidation sites excluding steroid dienone is 1. The normalized spacial score (nSPS) is 21.7. The van der Waals surface area contributed by atoms with Crippen LogP contribution in [0.5, 0.6) is 0 Å². The van der Waals surface area contributed by atoms with Crippen molar-refractivity contribution in [3.63, 3.8) is 0 Å². The van der Waals surface area contributed by atoms with E-state index in [0.717, 1.165) is 9.25 Å². The van der Waals surface area contributed by atoms with Gasteiger partial charge in [-0.05, 0) is 0 Å².